The van der Waals surface area contributed by atoms with E-state index in [1.807, 2.05) is 6.07 Å². The predicted molar refractivity (Wildman–Crippen MR) is 71.0 cm³/mol. The Bertz CT molecular complexity index is 894. The summed E-state index contributed by atoms with van der Waals surface area (Å²) in [6, 6.07) is 7.17. The molecule has 0 amide bonds. The fourth-order valence-corrected chi connectivity index (χ4v) is 1.97. The molecule has 2 N–H and O–H groups in total. The number of carbonyl (C=O) groups is 1. The zero-order valence-corrected chi connectivity index (χ0v) is 10.5. The van der Waals surface area contributed by atoms with Crippen molar-refractivity contribution in [2.75, 3.05) is 0 Å². The van der Waals surface area contributed by atoms with Crippen molar-refractivity contribution in [2.45, 2.75) is 0 Å². The summed E-state index contributed by atoms with van der Waals surface area (Å²) in [5.41, 5.74) is 1.04. The van der Waals surface area contributed by atoms with Gasteiger partial charge in [0.15, 0.2) is 5.82 Å². The summed E-state index contributed by atoms with van der Waals surface area (Å²) in [4.78, 5) is 22.2. The number of fused-ring (bicyclic) bond motifs is 1. The first-order chi connectivity index (χ1) is 10.1. The summed E-state index contributed by atoms with van der Waals surface area (Å²) in [6.45, 7) is 0. The van der Waals surface area contributed by atoms with Crippen molar-refractivity contribution in [2.24, 2.45) is 0 Å². The second-order valence-corrected chi connectivity index (χ2v) is 4.28. The molecule has 0 saturated carbocycles. The second-order valence-electron chi connectivity index (χ2n) is 4.28. The smallest absolute Gasteiger partial charge is 0.338 e. The highest BCUT2D eigenvalue weighted by atomic mass is 19.1. The predicted octanol–water partition coefficient (Wildman–Crippen LogP) is 2.33. The highest BCUT2D eigenvalue weighted by Crippen LogP contribution is 2.23. The fraction of sp³-hybridized carbons (Fsp3) is 0. The molecular weight excluding hydrogens is 275 g/mol. The number of carboxylic acids is 1. The maximum atomic E-state index is 13.4. The number of hydrogen-bond donors (Lipinski definition) is 2. The molecule has 0 fully saturated rings. The molecule has 0 atom stereocenters. The number of rotatable bonds is 2. The Balaban J connectivity index is 2.18. The Morgan fingerprint density at radius 1 is 1.38 bits per heavy atom. The number of nitrogens with one attached hydrogen (secondary N) is 1. The maximum Gasteiger partial charge on any atom is 0.338 e. The standard InChI is InChI=1S/C14H7FN4O2/c15-8-3-9(14(20)21)12-11(4-8)18-13(19-12)10-2-1-7(5-16)6-17-10/h1-4,6H,(H,18,19)(H,20,21). The van der Waals surface area contributed by atoms with Crippen LogP contribution >= 0.6 is 0 Å². The first-order valence-electron chi connectivity index (χ1n) is 5.87. The van der Waals surface area contributed by atoms with Gasteiger partial charge in [-0.2, -0.15) is 5.26 Å². The normalized spacial score (nSPS) is 10.5. The van der Waals surface area contributed by atoms with Crippen LogP contribution in [0.15, 0.2) is 30.5 Å². The van der Waals surface area contributed by atoms with Crippen LogP contribution in [0.25, 0.3) is 22.6 Å². The van der Waals surface area contributed by atoms with Gasteiger partial charge in [0, 0.05) is 6.20 Å². The topological polar surface area (TPSA) is 103 Å². The molecule has 0 unspecified atom stereocenters. The highest BCUT2D eigenvalue weighted by molar-refractivity contribution is 6.01. The molecule has 6 nitrogen and oxygen atoms in total. The zero-order chi connectivity index (χ0) is 15.0. The van der Waals surface area contributed by atoms with E-state index >= 15 is 0 Å². The van der Waals surface area contributed by atoms with E-state index in [4.69, 9.17) is 10.4 Å². The van der Waals surface area contributed by atoms with E-state index in [2.05, 4.69) is 15.0 Å². The number of H-pyrrole nitrogens is 1. The van der Waals surface area contributed by atoms with Crippen molar-refractivity contribution in [3.8, 4) is 17.6 Å². The molecule has 7 heteroatoms. The Hall–Kier alpha value is -3.27. The van der Waals surface area contributed by atoms with Gasteiger partial charge in [-0.25, -0.2) is 14.2 Å². The van der Waals surface area contributed by atoms with E-state index in [9.17, 15) is 9.18 Å². The summed E-state index contributed by atoms with van der Waals surface area (Å²) in [5, 5.41) is 17.8. The van der Waals surface area contributed by atoms with Crippen LogP contribution in [-0.4, -0.2) is 26.0 Å². The number of carboxylic acid groups (broad SMARTS) is 1. The van der Waals surface area contributed by atoms with Crippen LogP contribution in [0.2, 0.25) is 0 Å². The van der Waals surface area contributed by atoms with Crippen molar-refractivity contribution in [3.05, 3.63) is 47.4 Å². The van der Waals surface area contributed by atoms with Crippen LogP contribution < -0.4 is 0 Å². The number of halogens is 1. The van der Waals surface area contributed by atoms with Gasteiger partial charge < -0.3 is 10.1 Å². The van der Waals surface area contributed by atoms with Crippen LogP contribution in [0.1, 0.15) is 15.9 Å². The van der Waals surface area contributed by atoms with Gasteiger partial charge in [0.25, 0.3) is 0 Å². The van der Waals surface area contributed by atoms with Crippen molar-refractivity contribution in [3.63, 3.8) is 0 Å². The monoisotopic (exact) mass is 282 g/mol. The minimum atomic E-state index is -1.26. The fourth-order valence-electron chi connectivity index (χ4n) is 1.97. The Kier molecular flexibility index (Phi) is 2.84. The molecule has 102 valence electrons. The summed E-state index contributed by atoms with van der Waals surface area (Å²) in [5.74, 6) is -1.61. The Morgan fingerprint density at radius 3 is 2.81 bits per heavy atom. The van der Waals surface area contributed by atoms with Crippen LogP contribution in [0.4, 0.5) is 4.39 Å². The van der Waals surface area contributed by atoms with E-state index < -0.39 is 11.8 Å². The molecule has 1 aromatic carbocycles. The number of nitriles is 1. The molecular formula is C14H7FN4O2. The summed E-state index contributed by atoms with van der Waals surface area (Å²) >= 11 is 0. The van der Waals surface area contributed by atoms with Gasteiger partial charge in [-0.15, -0.1) is 0 Å². The van der Waals surface area contributed by atoms with Crippen LogP contribution in [0.5, 0.6) is 0 Å². The van der Waals surface area contributed by atoms with Gasteiger partial charge in [-0.05, 0) is 24.3 Å². The average molecular weight is 282 g/mol. The zero-order valence-electron chi connectivity index (χ0n) is 10.5. The van der Waals surface area contributed by atoms with Crippen molar-refractivity contribution in [1.29, 1.82) is 5.26 Å². The molecule has 0 aliphatic heterocycles. The number of hydrogen-bond acceptors (Lipinski definition) is 4. The van der Waals surface area contributed by atoms with E-state index in [1.165, 1.54) is 12.3 Å². The highest BCUT2D eigenvalue weighted by Gasteiger charge is 2.16. The largest absolute Gasteiger partial charge is 0.478 e. The van der Waals surface area contributed by atoms with E-state index in [1.54, 1.807) is 12.1 Å². The number of aromatic nitrogens is 3. The average Bonchev–Trinajstić information content (AvgIpc) is 2.90. The van der Waals surface area contributed by atoms with E-state index in [0.717, 1.165) is 6.07 Å². The van der Waals surface area contributed by atoms with Gasteiger partial charge in [0.2, 0.25) is 0 Å². The summed E-state index contributed by atoms with van der Waals surface area (Å²) in [6.07, 6.45) is 1.38. The quantitative estimate of drug-likeness (QED) is 0.750. The van der Waals surface area contributed by atoms with Crippen molar-refractivity contribution >= 4 is 17.0 Å². The van der Waals surface area contributed by atoms with Gasteiger partial charge in [-0.3, -0.25) is 4.98 Å². The third-order valence-corrected chi connectivity index (χ3v) is 2.92. The molecule has 3 aromatic rings. The number of benzene rings is 1. The van der Waals surface area contributed by atoms with Crippen LogP contribution in [0.3, 0.4) is 0 Å². The maximum absolute atomic E-state index is 13.4. The molecule has 0 radical (unpaired) electrons. The second kappa shape index (κ2) is 4.68. The minimum Gasteiger partial charge on any atom is -0.478 e. The molecule has 3 rings (SSSR count). The van der Waals surface area contributed by atoms with Crippen molar-refractivity contribution < 1.29 is 14.3 Å². The van der Waals surface area contributed by atoms with Crippen LogP contribution in [-0.2, 0) is 0 Å². The van der Waals surface area contributed by atoms with E-state index in [-0.39, 0.29) is 16.6 Å². The minimum absolute atomic E-state index is 0.157. The molecule has 0 aliphatic rings. The Labute approximate surface area is 117 Å². The number of imidazole rings is 1. The molecule has 0 spiro atoms. The lowest BCUT2D eigenvalue weighted by molar-refractivity contribution is 0.0698. The summed E-state index contributed by atoms with van der Waals surface area (Å²) < 4.78 is 13.4. The number of nitrogens with zero attached hydrogens (tertiary/aromatic N) is 3. The number of pyridine rings is 1. The Morgan fingerprint density at radius 2 is 2.19 bits per heavy atom. The lowest BCUT2D eigenvalue weighted by Gasteiger charge is -1.95. The lowest BCUT2D eigenvalue weighted by Crippen LogP contribution is -1.98. The molecule has 2 heterocycles. The van der Waals surface area contributed by atoms with Gasteiger partial charge >= 0.3 is 5.97 Å². The first kappa shape index (κ1) is 12.7. The van der Waals surface area contributed by atoms with Gasteiger partial charge in [0.1, 0.15) is 23.1 Å². The van der Waals surface area contributed by atoms with Crippen LogP contribution in [0, 0.1) is 17.1 Å². The third kappa shape index (κ3) is 2.19. The SMILES string of the molecule is N#Cc1ccc(-c2nc3c(C(=O)O)cc(F)cc3[nH]2)nc1. The third-order valence-electron chi connectivity index (χ3n) is 2.92. The van der Waals surface area contributed by atoms with Gasteiger partial charge in [-0.1, -0.05) is 0 Å². The lowest BCUT2D eigenvalue weighted by atomic mass is 10.2. The number of aromatic amines is 1. The molecule has 2 aromatic heterocycles. The van der Waals surface area contributed by atoms with E-state index in [0.29, 0.717) is 17.1 Å². The van der Waals surface area contributed by atoms with Crippen molar-refractivity contribution in [1.82, 2.24) is 15.0 Å². The first-order valence-corrected chi connectivity index (χ1v) is 5.87. The molecule has 0 aliphatic carbocycles. The number of aromatic carboxylic acids is 1. The molecule has 0 saturated heterocycles. The summed E-state index contributed by atoms with van der Waals surface area (Å²) in [7, 11) is 0. The van der Waals surface area contributed by atoms with Gasteiger partial charge in [0.05, 0.1) is 16.6 Å². The molecule has 21 heavy (non-hydrogen) atoms. The molecule has 0 bridgehead atoms.